The summed E-state index contributed by atoms with van der Waals surface area (Å²) in [5.74, 6) is -0.495. The summed E-state index contributed by atoms with van der Waals surface area (Å²) in [6.07, 6.45) is 7.06. The fourth-order valence-corrected chi connectivity index (χ4v) is 6.53. The summed E-state index contributed by atoms with van der Waals surface area (Å²) in [6, 6.07) is 5.64. The van der Waals surface area contributed by atoms with E-state index < -0.39 is 23.9 Å². The summed E-state index contributed by atoms with van der Waals surface area (Å²) >= 11 is 0. The van der Waals surface area contributed by atoms with E-state index in [0.29, 0.717) is 43.3 Å². The van der Waals surface area contributed by atoms with E-state index in [-0.39, 0.29) is 30.1 Å². The summed E-state index contributed by atoms with van der Waals surface area (Å²) in [6.45, 7) is 1.03. The molecule has 0 radical (unpaired) electrons. The third-order valence-corrected chi connectivity index (χ3v) is 8.63. The van der Waals surface area contributed by atoms with Crippen molar-refractivity contribution in [1.29, 1.82) is 0 Å². The van der Waals surface area contributed by atoms with Crippen LogP contribution in [0.1, 0.15) is 61.9 Å². The molecular formula is C28H37N5O5. The molecule has 0 spiro atoms. The smallest absolute Gasteiger partial charge is 0.270 e. The van der Waals surface area contributed by atoms with Crippen LogP contribution in [0.5, 0.6) is 5.75 Å². The minimum absolute atomic E-state index is 0.130. The van der Waals surface area contributed by atoms with Crippen molar-refractivity contribution in [1.82, 2.24) is 20.5 Å². The Labute approximate surface area is 222 Å². The molecule has 2 aliphatic heterocycles. The van der Waals surface area contributed by atoms with Crippen molar-refractivity contribution in [2.45, 2.75) is 63.5 Å². The molecule has 3 heterocycles. The van der Waals surface area contributed by atoms with Gasteiger partial charge in [-0.05, 0) is 49.3 Å². The summed E-state index contributed by atoms with van der Waals surface area (Å²) in [7, 11) is 1.59. The minimum Gasteiger partial charge on any atom is -0.496 e. The highest BCUT2D eigenvalue weighted by atomic mass is 16.5. The van der Waals surface area contributed by atoms with Crippen LogP contribution in [0, 0.1) is 17.8 Å². The van der Waals surface area contributed by atoms with Gasteiger partial charge >= 0.3 is 0 Å². The number of carbonyl (C=O) groups excluding carboxylic acids is 4. The predicted molar refractivity (Wildman–Crippen MR) is 141 cm³/mol. The number of nitrogens with two attached hydrogens (primary N) is 1. The Balaban J connectivity index is 1.38. The SMILES string of the molecule is COc1cccc2[nH]c(C(=O)N3CC(C4CCCCC4)CC3C(=O)N[C@@H](C[C@@H]3CCNC3=O)C(N)=O)cc12. The Morgan fingerprint density at radius 3 is 2.63 bits per heavy atom. The molecule has 2 aromatic rings. The Kier molecular flexibility index (Phi) is 7.58. The molecule has 1 aromatic carbocycles. The fraction of sp³-hybridized carbons (Fsp3) is 0.571. The molecule has 5 rings (SSSR count). The topological polar surface area (TPSA) is 147 Å². The summed E-state index contributed by atoms with van der Waals surface area (Å²) in [5.41, 5.74) is 6.79. The number of hydrogen-bond donors (Lipinski definition) is 4. The number of benzene rings is 1. The van der Waals surface area contributed by atoms with Crippen LogP contribution in [0.2, 0.25) is 0 Å². The molecule has 1 aromatic heterocycles. The van der Waals surface area contributed by atoms with Crippen LogP contribution in [0.3, 0.4) is 0 Å². The maximum absolute atomic E-state index is 13.8. The highest BCUT2D eigenvalue weighted by Gasteiger charge is 2.44. The van der Waals surface area contributed by atoms with Gasteiger partial charge in [-0.2, -0.15) is 0 Å². The number of hydrogen-bond acceptors (Lipinski definition) is 5. The summed E-state index contributed by atoms with van der Waals surface area (Å²) < 4.78 is 5.45. The molecule has 38 heavy (non-hydrogen) atoms. The first-order chi connectivity index (χ1) is 18.4. The third kappa shape index (κ3) is 5.21. The Morgan fingerprint density at radius 2 is 1.95 bits per heavy atom. The van der Waals surface area contributed by atoms with E-state index in [1.807, 2.05) is 18.2 Å². The van der Waals surface area contributed by atoms with Crippen molar-refractivity contribution < 1.29 is 23.9 Å². The van der Waals surface area contributed by atoms with Gasteiger partial charge in [0.1, 0.15) is 23.5 Å². The Bertz CT molecular complexity index is 1220. The number of primary amides is 1. The lowest BCUT2D eigenvalue weighted by molar-refractivity contribution is -0.131. The van der Waals surface area contributed by atoms with Crippen molar-refractivity contribution in [3.8, 4) is 5.75 Å². The predicted octanol–water partition coefficient (Wildman–Crippen LogP) is 2.08. The number of ether oxygens (including phenoxy) is 1. The second-order valence-electron chi connectivity index (χ2n) is 10.9. The first-order valence-corrected chi connectivity index (χ1v) is 13.7. The van der Waals surface area contributed by atoms with Crippen LogP contribution in [0.25, 0.3) is 10.9 Å². The zero-order chi connectivity index (χ0) is 26.8. The zero-order valence-corrected chi connectivity index (χ0v) is 21.8. The van der Waals surface area contributed by atoms with Gasteiger partial charge in [-0.1, -0.05) is 38.2 Å². The lowest BCUT2D eigenvalue weighted by atomic mass is 9.79. The molecule has 4 atom stereocenters. The van der Waals surface area contributed by atoms with E-state index in [1.165, 1.54) is 19.3 Å². The van der Waals surface area contributed by atoms with Crippen LogP contribution in [0.15, 0.2) is 24.3 Å². The molecule has 2 saturated heterocycles. The van der Waals surface area contributed by atoms with Crippen molar-refractivity contribution in [2.24, 2.45) is 23.5 Å². The van der Waals surface area contributed by atoms with Gasteiger partial charge in [0, 0.05) is 29.9 Å². The zero-order valence-electron chi connectivity index (χ0n) is 21.8. The molecule has 4 amide bonds. The molecule has 5 N–H and O–H groups in total. The Hall–Kier alpha value is -3.56. The lowest BCUT2D eigenvalue weighted by Crippen LogP contribution is -2.53. The largest absolute Gasteiger partial charge is 0.496 e. The van der Waals surface area contributed by atoms with Gasteiger partial charge in [0.05, 0.1) is 7.11 Å². The van der Waals surface area contributed by atoms with E-state index in [4.69, 9.17) is 10.5 Å². The van der Waals surface area contributed by atoms with Crippen molar-refractivity contribution in [3.05, 3.63) is 30.0 Å². The molecule has 10 heteroatoms. The molecule has 3 fully saturated rings. The van der Waals surface area contributed by atoms with Gasteiger partial charge < -0.3 is 31.0 Å². The Morgan fingerprint density at radius 1 is 1.16 bits per heavy atom. The number of amides is 4. The van der Waals surface area contributed by atoms with Crippen molar-refractivity contribution >= 4 is 34.5 Å². The average Bonchev–Trinajstić information content (AvgIpc) is 3.66. The number of nitrogens with zero attached hydrogens (tertiary/aromatic N) is 1. The standard InChI is InChI=1S/C28H37N5O5/c1-38-24-9-5-8-20-19(24)14-22(31-20)28(37)33-15-18(16-6-3-2-4-7-16)13-23(33)27(36)32-21(25(29)34)12-17-10-11-30-26(17)35/h5,8-9,14,16-18,21,23,31H,2-4,6-7,10-13,15H2,1H3,(H2,29,34)(H,30,35)(H,32,36)/t17-,18?,21-,23?/m0/s1. The molecule has 3 aliphatic rings. The maximum Gasteiger partial charge on any atom is 0.270 e. The second-order valence-corrected chi connectivity index (χ2v) is 10.9. The second kappa shape index (κ2) is 11.0. The van der Waals surface area contributed by atoms with Crippen molar-refractivity contribution in [2.75, 3.05) is 20.2 Å². The number of H-pyrrole nitrogens is 1. The number of rotatable bonds is 8. The molecular weight excluding hydrogens is 486 g/mol. The van der Waals surface area contributed by atoms with Gasteiger partial charge in [-0.15, -0.1) is 0 Å². The van der Waals surface area contributed by atoms with Crippen LogP contribution in [-0.2, 0) is 14.4 Å². The average molecular weight is 524 g/mol. The number of nitrogens with one attached hydrogen (secondary N) is 3. The van der Waals surface area contributed by atoms with Gasteiger partial charge in [0.25, 0.3) is 5.91 Å². The van der Waals surface area contributed by atoms with Crippen LogP contribution in [0.4, 0.5) is 0 Å². The van der Waals surface area contributed by atoms with Crippen LogP contribution >= 0.6 is 0 Å². The lowest BCUT2D eigenvalue weighted by Gasteiger charge is -2.27. The first-order valence-electron chi connectivity index (χ1n) is 13.7. The number of fused-ring (bicyclic) bond motifs is 1. The number of aromatic nitrogens is 1. The number of aromatic amines is 1. The van der Waals surface area contributed by atoms with Crippen LogP contribution in [-0.4, -0.2) is 65.8 Å². The van der Waals surface area contributed by atoms with E-state index in [9.17, 15) is 19.2 Å². The van der Waals surface area contributed by atoms with E-state index in [2.05, 4.69) is 15.6 Å². The quantitative estimate of drug-likeness (QED) is 0.418. The minimum atomic E-state index is -0.973. The van der Waals surface area contributed by atoms with Gasteiger partial charge in [0.15, 0.2) is 0 Å². The van der Waals surface area contributed by atoms with E-state index in [1.54, 1.807) is 18.1 Å². The molecule has 1 aliphatic carbocycles. The van der Waals surface area contributed by atoms with Crippen molar-refractivity contribution in [3.63, 3.8) is 0 Å². The normalized spacial score (nSPS) is 24.8. The van der Waals surface area contributed by atoms with Gasteiger partial charge in [-0.25, -0.2) is 0 Å². The molecule has 204 valence electrons. The number of methoxy groups -OCH3 is 1. The molecule has 10 nitrogen and oxygen atoms in total. The van der Waals surface area contributed by atoms with Crippen LogP contribution < -0.4 is 21.1 Å². The number of carbonyl (C=O) groups is 4. The van der Waals surface area contributed by atoms with Gasteiger partial charge in [0.2, 0.25) is 17.7 Å². The highest BCUT2D eigenvalue weighted by Crippen LogP contribution is 2.38. The first kappa shape index (κ1) is 26.1. The molecule has 2 unspecified atom stereocenters. The van der Waals surface area contributed by atoms with E-state index >= 15 is 0 Å². The number of likely N-dealkylation sites (tertiary alicyclic amines) is 1. The highest BCUT2D eigenvalue weighted by molar-refractivity contribution is 6.02. The molecule has 1 saturated carbocycles. The third-order valence-electron chi connectivity index (χ3n) is 8.63. The molecule has 0 bridgehead atoms. The van der Waals surface area contributed by atoms with Gasteiger partial charge in [-0.3, -0.25) is 19.2 Å². The maximum atomic E-state index is 13.8. The monoisotopic (exact) mass is 523 g/mol. The summed E-state index contributed by atoms with van der Waals surface area (Å²) in [4.78, 5) is 56.6. The van der Waals surface area contributed by atoms with E-state index in [0.717, 1.165) is 23.7 Å². The fourth-order valence-electron chi connectivity index (χ4n) is 6.53. The summed E-state index contributed by atoms with van der Waals surface area (Å²) in [5, 5.41) is 6.34.